The van der Waals surface area contributed by atoms with Gasteiger partial charge in [0.25, 0.3) is 5.91 Å². The van der Waals surface area contributed by atoms with Gasteiger partial charge in [0.05, 0.1) is 6.54 Å². The number of amides is 2. The van der Waals surface area contributed by atoms with Gasteiger partial charge in [0.1, 0.15) is 0 Å². The van der Waals surface area contributed by atoms with Crippen LogP contribution in [0.15, 0.2) is 24.3 Å². The van der Waals surface area contributed by atoms with Crippen LogP contribution in [0.3, 0.4) is 0 Å². The van der Waals surface area contributed by atoms with E-state index in [9.17, 15) is 9.59 Å². The zero-order chi connectivity index (χ0) is 16.9. The number of likely N-dealkylation sites (tertiary alicyclic amines) is 2. The highest BCUT2D eigenvalue weighted by molar-refractivity contribution is 6.30. The first-order valence-electron chi connectivity index (χ1n) is 8.68. The van der Waals surface area contributed by atoms with Crippen LogP contribution in [0.4, 0.5) is 0 Å². The van der Waals surface area contributed by atoms with Crippen molar-refractivity contribution in [1.29, 1.82) is 0 Å². The highest BCUT2D eigenvalue weighted by Crippen LogP contribution is 2.14. The monoisotopic (exact) mass is 349 g/mol. The highest BCUT2D eigenvalue weighted by atomic mass is 35.5. The van der Waals surface area contributed by atoms with Crippen LogP contribution in [0, 0.1) is 0 Å². The van der Waals surface area contributed by atoms with Crippen molar-refractivity contribution in [2.24, 2.45) is 0 Å². The minimum atomic E-state index is -0.0572. The molecule has 0 atom stereocenters. The number of nitrogens with zero attached hydrogens (tertiary/aromatic N) is 2. The largest absolute Gasteiger partial charge is 0.349 e. The molecule has 0 spiro atoms. The fourth-order valence-electron chi connectivity index (χ4n) is 3.36. The molecule has 130 valence electrons. The van der Waals surface area contributed by atoms with Crippen LogP contribution in [0.2, 0.25) is 5.02 Å². The second kappa shape index (κ2) is 7.99. The first-order valence-corrected chi connectivity index (χ1v) is 9.06. The predicted molar refractivity (Wildman–Crippen MR) is 94.2 cm³/mol. The number of carbonyl (C=O) groups excluding carboxylic acids is 2. The third kappa shape index (κ3) is 4.48. The Bertz CT molecular complexity index is 576. The van der Waals surface area contributed by atoms with E-state index < -0.39 is 0 Å². The molecule has 0 bridgehead atoms. The summed E-state index contributed by atoms with van der Waals surface area (Å²) in [6.07, 6.45) is 4.02. The molecule has 2 heterocycles. The summed E-state index contributed by atoms with van der Waals surface area (Å²) in [7, 11) is 0. The maximum atomic E-state index is 12.2. The summed E-state index contributed by atoms with van der Waals surface area (Å²) in [4.78, 5) is 28.6. The van der Waals surface area contributed by atoms with Crippen molar-refractivity contribution in [2.75, 3.05) is 32.7 Å². The lowest BCUT2D eigenvalue weighted by atomic mass is 10.0. The van der Waals surface area contributed by atoms with Crippen molar-refractivity contribution in [1.82, 2.24) is 15.1 Å². The van der Waals surface area contributed by atoms with E-state index in [1.54, 1.807) is 24.3 Å². The molecule has 1 N–H and O–H groups in total. The van der Waals surface area contributed by atoms with Crippen molar-refractivity contribution >= 4 is 23.4 Å². The summed E-state index contributed by atoms with van der Waals surface area (Å²) in [5, 5.41) is 3.71. The van der Waals surface area contributed by atoms with Crippen LogP contribution in [-0.2, 0) is 4.79 Å². The molecular formula is C18H24ClN3O2. The summed E-state index contributed by atoms with van der Waals surface area (Å²) in [5.41, 5.74) is 0.631. The quantitative estimate of drug-likeness (QED) is 0.906. The minimum absolute atomic E-state index is 0.0572. The molecule has 24 heavy (non-hydrogen) atoms. The molecule has 2 aliphatic rings. The normalized spacial score (nSPS) is 19.5. The molecule has 0 saturated carbocycles. The lowest BCUT2D eigenvalue weighted by Crippen LogP contribution is -2.47. The van der Waals surface area contributed by atoms with Crippen molar-refractivity contribution < 1.29 is 9.59 Å². The van der Waals surface area contributed by atoms with Crippen molar-refractivity contribution in [3.05, 3.63) is 34.9 Å². The maximum Gasteiger partial charge on any atom is 0.251 e. The third-order valence-electron chi connectivity index (χ3n) is 4.85. The Kier molecular flexibility index (Phi) is 5.74. The number of nitrogens with one attached hydrogen (secondary N) is 1. The van der Waals surface area contributed by atoms with Crippen molar-refractivity contribution in [2.45, 2.75) is 31.7 Å². The molecule has 1 aromatic rings. The van der Waals surface area contributed by atoms with Gasteiger partial charge in [-0.05, 0) is 49.9 Å². The zero-order valence-electron chi connectivity index (χ0n) is 13.8. The van der Waals surface area contributed by atoms with Crippen molar-refractivity contribution in [3.63, 3.8) is 0 Å². The molecule has 2 amide bonds. The second-order valence-electron chi connectivity index (χ2n) is 6.62. The number of rotatable bonds is 4. The molecular weight excluding hydrogens is 326 g/mol. The van der Waals surface area contributed by atoms with Gasteiger partial charge in [-0.2, -0.15) is 0 Å². The number of halogens is 1. The predicted octanol–water partition coefficient (Wildman–Crippen LogP) is 2.16. The van der Waals surface area contributed by atoms with Gasteiger partial charge in [0.15, 0.2) is 0 Å². The van der Waals surface area contributed by atoms with E-state index in [0.717, 1.165) is 51.9 Å². The van der Waals surface area contributed by atoms with Crippen LogP contribution in [0.5, 0.6) is 0 Å². The summed E-state index contributed by atoms with van der Waals surface area (Å²) in [6, 6.07) is 7.10. The zero-order valence-corrected chi connectivity index (χ0v) is 14.6. The van der Waals surface area contributed by atoms with Gasteiger partial charge in [0.2, 0.25) is 5.91 Å². The first-order chi connectivity index (χ1) is 11.6. The Morgan fingerprint density at radius 2 is 1.67 bits per heavy atom. The van der Waals surface area contributed by atoms with Gasteiger partial charge in [-0.3, -0.25) is 14.5 Å². The van der Waals surface area contributed by atoms with E-state index in [0.29, 0.717) is 17.1 Å². The van der Waals surface area contributed by atoms with E-state index in [2.05, 4.69) is 10.2 Å². The molecule has 1 aromatic carbocycles. The van der Waals surface area contributed by atoms with Crippen LogP contribution in [0.25, 0.3) is 0 Å². The summed E-state index contributed by atoms with van der Waals surface area (Å²) in [6.45, 7) is 4.03. The third-order valence-corrected chi connectivity index (χ3v) is 5.10. The Morgan fingerprint density at radius 3 is 2.29 bits per heavy atom. The first kappa shape index (κ1) is 17.2. The highest BCUT2D eigenvalue weighted by Gasteiger charge is 2.25. The smallest absolute Gasteiger partial charge is 0.251 e. The molecule has 0 aromatic heterocycles. The van der Waals surface area contributed by atoms with Crippen LogP contribution >= 0.6 is 11.6 Å². The van der Waals surface area contributed by atoms with E-state index in [1.807, 2.05) is 4.90 Å². The Morgan fingerprint density at radius 1 is 1.04 bits per heavy atom. The lowest BCUT2D eigenvalue weighted by molar-refractivity contribution is -0.131. The Labute approximate surface area is 147 Å². The van der Waals surface area contributed by atoms with E-state index >= 15 is 0 Å². The van der Waals surface area contributed by atoms with Gasteiger partial charge in [-0.15, -0.1) is 0 Å². The molecule has 2 fully saturated rings. The molecule has 5 nitrogen and oxygen atoms in total. The molecule has 0 radical (unpaired) electrons. The molecule has 6 heteroatoms. The average Bonchev–Trinajstić information content (AvgIpc) is 3.12. The standard InChI is InChI=1S/C18H24ClN3O2/c19-15-5-3-14(4-6-15)18(24)20-16-7-11-21(12-8-16)13-17(23)22-9-1-2-10-22/h3-6,16H,1-2,7-13H2,(H,20,24). The summed E-state index contributed by atoms with van der Waals surface area (Å²) < 4.78 is 0. The van der Waals surface area contributed by atoms with Gasteiger partial charge in [-0.1, -0.05) is 11.6 Å². The van der Waals surface area contributed by atoms with E-state index in [1.165, 1.54) is 0 Å². The molecule has 3 rings (SSSR count). The van der Waals surface area contributed by atoms with Crippen LogP contribution in [-0.4, -0.2) is 60.4 Å². The fraction of sp³-hybridized carbons (Fsp3) is 0.556. The van der Waals surface area contributed by atoms with E-state index in [4.69, 9.17) is 11.6 Å². The van der Waals surface area contributed by atoms with Crippen LogP contribution < -0.4 is 5.32 Å². The lowest BCUT2D eigenvalue weighted by Gasteiger charge is -2.32. The molecule has 0 aliphatic carbocycles. The van der Waals surface area contributed by atoms with Gasteiger partial charge >= 0.3 is 0 Å². The summed E-state index contributed by atoms with van der Waals surface area (Å²) in [5.74, 6) is 0.189. The average molecular weight is 350 g/mol. The van der Waals surface area contributed by atoms with Gasteiger partial charge in [0, 0.05) is 42.8 Å². The number of carbonyl (C=O) groups is 2. The Balaban J connectivity index is 1.42. The van der Waals surface area contributed by atoms with Gasteiger partial charge < -0.3 is 10.2 Å². The SMILES string of the molecule is O=C(NC1CCN(CC(=O)N2CCCC2)CC1)c1ccc(Cl)cc1. The van der Waals surface area contributed by atoms with Crippen LogP contribution in [0.1, 0.15) is 36.0 Å². The molecule has 2 saturated heterocycles. The van der Waals surface area contributed by atoms with Crippen molar-refractivity contribution in [3.8, 4) is 0 Å². The number of hydrogen-bond acceptors (Lipinski definition) is 3. The minimum Gasteiger partial charge on any atom is -0.349 e. The molecule has 0 unspecified atom stereocenters. The topological polar surface area (TPSA) is 52.7 Å². The summed E-state index contributed by atoms with van der Waals surface area (Å²) >= 11 is 5.84. The second-order valence-corrected chi connectivity index (χ2v) is 7.06. The number of hydrogen-bond donors (Lipinski definition) is 1. The Hall–Kier alpha value is -1.59. The number of piperidine rings is 1. The van der Waals surface area contributed by atoms with Gasteiger partial charge in [-0.25, -0.2) is 0 Å². The maximum absolute atomic E-state index is 12.2. The molecule has 2 aliphatic heterocycles. The fourth-order valence-corrected chi connectivity index (χ4v) is 3.49. The number of benzene rings is 1. The van der Waals surface area contributed by atoms with E-state index in [-0.39, 0.29) is 17.9 Å².